The average molecular weight is 367 g/mol. The molecule has 0 unspecified atom stereocenters. The molecule has 134 valence electrons. The normalized spacial score (nSPS) is 11.3. The van der Waals surface area contributed by atoms with E-state index in [9.17, 15) is 9.59 Å². The fourth-order valence-electron chi connectivity index (χ4n) is 2.92. The summed E-state index contributed by atoms with van der Waals surface area (Å²) in [7, 11) is 1.75. The molecule has 0 atom stereocenters. The quantitative estimate of drug-likeness (QED) is 0.751. The molecule has 0 radical (unpaired) electrons. The van der Waals surface area contributed by atoms with E-state index in [0.29, 0.717) is 11.4 Å². The largest absolute Gasteiger partial charge is 0.339 e. The van der Waals surface area contributed by atoms with Gasteiger partial charge in [0.05, 0.1) is 10.4 Å². The van der Waals surface area contributed by atoms with Crippen molar-refractivity contribution in [2.24, 2.45) is 0 Å². The Hall–Kier alpha value is -2.73. The highest BCUT2D eigenvalue weighted by Gasteiger charge is 2.32. The number of carbonyl (C=O) groups excluding carboxylic acids is 2. The second-order valence-corrected chi connectivity index (χ2v) is 7.65. The molecule has 0 fully saturated rings. The maximum absolute atomic E-state index is 12.9. The number of hydrogen-bond acceptors (Lipinski definition) is 4. The average Bonchev–Trinajstić information content (AvgIpc) is 3.16. The van der Waals surface area contributed by atoms with Crippen LogP contribution in [0.15, 0.2) is 54.0 Å². The summed E-state index contributed by atoms with van der Waals surface area (Å²) in [6.45, 7) is 3.89. The van der Waals surface area contributed by atoms with Gasteiger partial charge in [0.15, 0.2) is 0 Å². The van der Waals surface area contributed by atoms with Crippen LogP contribution in [-0.4, -0.2) is 34.3 Å². The molecular weight excluding hydrogens is 346 g/mol. The summed E-state index contributed by atoms with van der Waals surface area (Å²) in [4.78, 5) is 31.8. The number of likely N-dealkylation sites (N-methyl/N-ethyl adjacent to an activating group) is 1. The van der Waals surface area contributed by atoms with Gasteiger partial charge < -0.3 is 10.2 Å². The van der Waals surface area contributed by atoms with Crippen molar-refractivity contribution in [2.75, 3.05) is 7.05 Å². The standard InChI is InChI=1S/C20H21N3O2S/c1-20(2,22-18(24)17-10-6-12-26-17)19(25)23(3)13-14-7-4-9-16-15(14)8-5-11-21-16/h4-12H,13H2,1-3H3,(H,22,24). The number of rotatable bonds is 5. The zero-order valence-electron chi connectivity index (χ0n) is 15.0. The van der Waals surface area contributed by atoms with Gasteiger partial charge in [-0.15, -0.1) is 11.3 Å². The Balaban J connectivity index is 1.75. The number of pyridine rings is 1. The minimum absolute atomic E-state index is 0.150. The first-order valence-corrected chi connectivity index (χ1v) is 9.20. The summed E-state index contributed by atoms with van der Waals surface area (Å²) < 4.78 is 0. The molecule has 26 heavy (non-hydrogen) atoms. The molecular formula is C20H21N3O2S. The topological polar surface area (TPSA) is 62.3 Å². The lowest BCUT2D eigenvalue weighted by molar-refractivity contribution is -0.135. The van der Waals surface area contributed by atoms with Crippen LogP contribution in [0.1, 0.15) is 29.1 Å². The van der Waals surface area contributed by atoms with E-state index in [1.54, 1.807) is 38.1 Å². The summed E-state index contributed by atoms with van der Waals surface area (Å²) in [5.41, 5.74) is 0.918. The molecule has 5 nitrogen and oxygen atoms in total. The van der Waals surface area contributed by atoms with E-state index in [0.717, 1.165) is 16.5 Å². The Morgan fingerprint density at radius 1 is 1.15 bits per heavy atom. The van der Waals surface area contributed by atoms with Crippen molar-refractivity contribution in [3.8, 4) is 0 Å². The molecule has 0 saturated carbocycles. The molecule has 0 bridgehead atoms. The Kier molecular flexibility index (Phi) is 5.04. The Bertz CT molecular complexity index is 930. The number of benzene rings is 1. The van der Waals surface area contributed by atoms with Crippen molar-refractivity contribution in [1.82, 2.24) is 15.2 Å². The van der Waals surface area contributed by atoms with Crippen LogP contribution in [0.4, 0.5) is 0 Å². The molecule has 0 aliphatic carbocycles. The highest BCUT2D eigenvalue weighted by atomic mass is 32.1. The molecule has 2 aromatic heterocycles. The van der Waals surface area contributed by atoms with Gasteiger partial charge in [0, 0.05) is 25.2 Å². The third kappa shape index (κ3) is 3.75. The van der Waals surface area contributed by atoms with Crippen LogP contribution in [0.25, 0.3) is 10.9 Å². The minimum atomic E-state index is -1.00. The predicted molar refractivity (Wildman–Crippen MR) is 104 cm³/mol. The van der Waals surface area contributed by atoms with Crippen molar-refractivity contribution < 1.29 is 9.59 Å². The lowest BCUT2D eigenvalue weighted by atomic mass is 10.0. The number of hydrogen-bond donors (Lipinski definition) is 1. The smallest absolute Gasteiger partial charge is 0.262 e. The lowest BCUT2D eigenvalue weighted by Gasteiger charge is -2.30. The van der Waals surface area contributed by atoms with Crippen molar-refractivity contribution in [2.45, 2.75) is 25.9 Å². The second-order valence-electron chi connectivity index (χ2n) is 6.70. The lowest BCUT2D eigenvalue weighted by Crippen LogP contribution is -2.54. The number of aromatic nitrogens is 1. The minimum Gasteiger partial charge on any atom is -0.339 e. The van der Waals surface area contributed by atoms with Crippen molar-refractivity contribution in [3.05, 3.63) is 64.5 Å². The molecule has 1 N–H and O–H groups in total. The van der Waals surface area contributed by atoms with Gasteiger partial charge in [-0.3, -0.25) is 14.6 Å². The molecule has 0 spiro atoms. The number of thiophene rings is 1. The number of nitrogens with one attached hydrogen (secondary N) is 1. The Labute approximate surface area is 156 Å². The monoisotopic (exact) mass is 367 g/mol. The summed E-state index contributed by atoms with van der Waals surface area (Å²) in [5.74, 6) is -0.385. The molecule has 0 aliphatic rings. The molecule has 0 saturated heterocycles. The first-order valence-electron chi connectivity index (χ1n) is 8.33. The van der Waals surface area contributed by atoms with E-state index in [4.69, 9.17) is 0 Å². The molecule has 0 aliphatic heterocycles. The van der Waals surface area contributed by atoms with Gasteiger partial charge in [-0.1, -0.05) is 24.3 Å². The zero-order valence-corrected chi connectivity index (χ0v) is 15.8. The number of carbonyl (C=O) groups is 2. The molecule has 6 heteroatoms. The Morgan fingerprint density at radius 3 is 2.69 bits per heavy atom. The highest BCUT2D eigenvalue weighted by Crippen LogP contribution is 2.19. The molecule has 3 aromatic rings. The SMILES string of the molecule is CN(Cc1cccc2ncccc12)C(=O)C(C)(C)NC(=O)c1cccs1. The number of amides is 2. The van der Waals surface area contributed by atoms with Crippen molar-refractivity contribution >= 4 is 34.1 Å². The fourth-order valence-corrected chi connectivity index (χ4v) is 3.54. The van der Waals surface area contributed by atoms with Gasteiger partial charge in [-0.2, -0.15) is 0 Å². The van der Waals surface area contributed by atoms with E-state index in [-0.39, 0.29) is 11.8 Å². The van der Waals surface area contributed by atoms with Crippen LogP contribution in [0.2, 0.25) is 0 Å². The van der Waals surface area contributed by atoms with Gasteiger partial charge >= 0.3 is 0 Å². The zero-order chi connectivity index (χ0) is 18.7. The molecule has 2 heterocycles. The van der Waals surface area contributed by atoms with E-state index in [2.05, 4.69) is 10.3 Å². The fraction of sp³-hybridized carbons (Fsp3) is 0.250. The summed E-state index contributed by atoms with van der Waals surface area (Å²) in [6, 6.07) is 13.3. The Morgan fingerprint density at radius 2 is 1.96 bits per heavy atom. The van der Waals surface area contributed by atoms with Gasteiger partial charge in [-0.25, -0.2) is 0 Å². The third-order valence-electron chi connectivity index (χ3n) is 4.20. The maximum Gasteiger partial charge on any atom is 0.262 e. The van der Waals surface area contributed by atoms with Crippen LogP contribution in [-0.2, 0) is 11.3 Å². The first-order chi connectivity index (χ1) is 12.4. The van der Waals surface area contributed by atoms with Gasteiger partial charge in [-0.05, 0) is 43.0 Å². The predicted octanol–water partition coefficient (Wildman–Crippen LogP) is 3.46. The van der Waals surface area contributed by atoms with E-state index >= 15 is 0 Å². The van der Waals surface area contributed by atoms with E-state index in [1.165, 1.54) is 11.3 Å². The van der Waals surface area contributed by atoms with E-state index < -0.39 is 5.54 Å². The van der Waals surface area contributed by atoms with Crippen molar-refractivity contribution in [3.63, 3.8) is 0 Å². The summed E-state index contributed by atoms with van der Waals surface area (Å²) >= 11 is 1.35. The van der Waals surface area contributed by atoms with Crippen LogP contribution in [0.5, 0.6) is 0 Å². The van der Waals surface area contributed by atoms with Crippen LogP contribution >= 0.6 is 11.3 Å². The number of fused-ring (bicyclic) bond motifs is 1. The number of nitrogens with zero attached hydrogens (tertiary/aromatic N) is 2. The summed E-state index contributed by atoms with van der Waals surface area (Å²) in [6.07, 6.45) is 1.75. The van der Waals surface area contributed by atoms with Crippen LogP contribution in [0.3, 0.4) is 0 Å². The first kappa shape index (κ1) is 18.1. The van der Waals surface area contributed by atoms with Gasteiger partial charge in [0.1, 0.15) is 5.54 Å². The molecule has 1 aromatic carbocycles. The molecule has 2 amide bonds. The second kappa shape index (κ2) is 7.25. The maximum atomic E-state index is 12.9. The molecule has 3 rings (SSSR count). The summed E-state index contributed by atoms with van der Waals surface area (Å²) in [5, 5.41) is 5.69. The van der Waals surface area contributed by atoms with Crippen molar-refractivity contribution in [1.29, 1.82) is 0 Å². The van der Waals surface area contributed by atoms with Crippen LogP contribution in [0, 0.1) is 0 Å². The van der Waals surface area contributed by atoms with Crippen LogP contribution < -0.4 is 5.32 Å². The van der Waals surface area contributed by atoms with Gasteiger partial charge in [0.2, 0.25) is 5.91 Å². The highest BCUT2D eigenvalue weighted by molar-refractivity contribution is 7.12. The third-order valence-corrected chi connectivity index (χ3v) is 5.06. The van der Waals surface area contributed by atoms with E-state index in [1.807, 2.05) is 41.8 Å². The van der Waals surface area contributed by atoms with Gasteiger partial charge in [0.25, 0.3) is 5.91 Å².